The first-order chi connectivity index (χ1) is 14.2. The zero-order valence-electron chi connectivity index (χ0n) is 15.9. The van der Waals surface area contributed by atoms with Gasteiger partial charge in [-0.3, -0.25) is 4.79 Å². The predicted octanol–water partition coefficient (Wildman–Crippen LogP) is 6.10. The normalized spacial score (nSPS) is 15.1. The van der Waals surface area contributed by atoms with Gasteiger partial charge in [-0.15, -0.1) is 0 Å². The van der Waals surface area contributed by atoms with Crippen LogP contribution in [0, 0.1) is 0 Å². The quantitative estimate of drug-likeness (QED) is 0.448. The summed E-state index contributed by atoms with van der Waals surface area (Å²) in [6.45, 7) is 1.45. The number of fused-ring (bicyclic) bond motifs is 1. The molecule has 4 nitrogen and oxygen atoms in total. The van der Waals surface area contributed by atoms with Crippen LogP contribution in [0.4, 0.5) is 0 Å². The number of carbonyl (C=O) groups is 1. The molecule has 1 N–H and O–H groups in total. The van der Waals surface area contributed by atoms with Crippen LogP contribution < -0.4 is 0 Å². The lowest BCUT2D eigenvalue weighted by atomic mass is 9.93. The minimum atomic E-state index is -0.0570. The molecule has 1 fully saturated rings. The zero-order chi connectivity index (χ0) is 19.8. The summed E-state index contributed by atoms with van der Waals surface area (Å²) in [6.07, 6.45) is 1.88. The highest BCUT2D eigenvalue weighted by atomic mass is 35.5. The molecule has 5 rings (SSSR count). The van der Waals surface area contributed by atoms with Gasteiger partial charge in [-0.2, -0.15) is 0 Å². The van der Waals surface area contributed by atoms with Crippen LogP contribution in [0.15, 0.2) is 71.1 Å². The smallest absolute Gasteiger partial charge is 0.289 e. The first kappa shape index (κ1) is 18.1. The third-order valence-electron chi connectivity index (χ3n) is 5.73. The summed E-state index contributed by atoms with van der Waals surface area (Å²) in [4.78, 5) is 18.3. The second-order valence-corrected chi connectivity index (χ2v) is 7.93. The molecule has 146 valence electrons. The maximum absolute atomic E-state index is 12.9. The molecule has 0 spiro atoms. The molecule has 1 aliphatic heterocycles. The van der Waals surface area contributed by atoms with Crippen molar-refractivity contribution >= 4 is 28.4 Å². The molecule has 3 heterocycles. The summed E-state index contributed by atoms with van der Waals surface area (Å²) in [5, 5.41) is 1.85. The Labute approximate surface area is 174 Å². The number of nitrogens with one attached hydrogen (secondary N) is 1. The number of furan rings is 1. The highest BCUT2D eigenvalue weighted by Crippen LogP contribution is 2.32. The molecule has 2 aromatic heterocycles. The molecule has 1 amide bonds. The highest BCUT2D eigenvalue weighted by molar-refractivity contribution is 6.33. The van der Waals surface area contributed by atoms with Crippen LogP contribution >= 0.6 is 11.6 Å². The number of aromatic amines is 1. The number of piperidine rings is 1. The number of aromatic nitrogens is 1. The van der Waals surface area contributed by atoms with Crippen LogP contribution in [0.2, 0.25) is 5.02 Å². The van der Waals surface area contributed by atoms with Gasteiger partial charge in [-0.05, 0) is 54.6 Å². The number of likely N-dealkylation sites (tertiary alicyclic amines) is 1. The maximum atomic E-state index is 12.9. The number of amides is 1. The van der Waals surface area contributed by atoms with Crippen molar-refractivity contribution < 1.29 is 9.21 Å². The number of para-hydroxylation sites is 1. The SMILES string of the molecule is O=C(c1ccc(-c2ccccc2Cl)o1)N1CCC(c2cc3ccccc3[nH]2)CC1. The van der Waals surface area contributed by atoms with E-state index in [1.807, 2.05) is 41.3 Å². The standard InChI is InChI=1S/C24H21ClN2O2/c25-19-7-3-2-6-18(19)22-9-10-23(29-22)24(28)27-13-11-16(12-14-27)21-15-17-5-1-4-8-20(17)26-21/h1-10,15-16,26H,11-14H2. The molecule has 0 saturated carbocycles. The van der Waals surface area contributed by atoms with E-state index in [9.17, 15) is 4.79 Å². The van der Waals surface area contributed by atoms with Crippen LogP contribution in [-0.4, -0.2) is 28.9 Å². The molecule has 0 radical (unpaired) electrons. The van der Waals surface area contributed by atoms with E-state index in [1.165, 1.54) is 16.6 Å². The maximum Gasteiger partial charge on any atom is 0.289 e. The second-order valence-electron chi connectivity index (χ2n) is 7.52. The third kappa shape index (κ3) is 3.45. The van der Waals surface area contributed by atoms with E-state index in [-0.39, 0.29) is 5.91 Å². The molecular formula is C24H21ClN2O2. The van der Waals surface area contributed by atoms with E-state index in [0.29, 0.717) is 22.5 Å². The van der Waals surface area contributed by atoms with Gasteiger partial charge in [0.05, 0.1) is 5.02 Å². The fraction of sp³-hybridized carbons (Fsp3) is 0.208. The van der Waals surface area contributed by atoms with E-state index in [2.05, 4.69) is 29.2 Å². The summed E-state index contributed by atoms with van der Waals surface area (Å²) < 4.78 is 5.84. The van der Waals surface area contributed by atoms with Gasteiger partial charge in [0.15, 0.2) is 5.76 Å². The van der Waals surface area contributed by atoms with Crippen LogP contribution in [0.1, 0.15) is 35.0 Å². The van der Waals surface area contributed by atoms with Gasteiger partial charge >= 0.3 is 0 Å². The zero-order valence-corrected chi connectivity index (χ0v) is 16.7. The molecule has 0 bridgehead atoms. The Hall–Kier alpha value is -2.98. The lowest BCUT2D eigenvalue weighted by Gasteiger charge is -2.31. The summed E-state index contributed by atoms with van der Waals surface area (Å²) >= 11 is 6.24. The third-order valence-corrected chi connectivity index (χ3v) is 6.06. The van der Waals surface area contributed by atoms with Crippen molar-refractivity contribution in [1.29, 1.82) is 0 Å². The van der Waals surface area contributed by atoms with Crippen molar-refractivity contribution in [3.8, 4) is 11.3 Å². The molecule has 1 saturated heterocycles. The number of halogens is 1. The van der Waals surface area contributed by atoms with Gasteiger partial charge in [-0.25, -0.2) is 0 Å². The molecule has 5 heteroatoms. The predicted molar refractivity (Wildman–Crippen MR) is 115 cm³/mol. The Morgan fingerprint density at radius 2 is 1.76 bits per heavy atom. The van der Waals surface area contributed by atoms with E-state index < -0.39 is 0 Å². The van der Waals surface area contributed by atoms with Crippen molar-refractivity contribution in [3.63, 3.8) is 0 Å². The monoisotopic (exact) mass is 404 g/mol. The van der Waals surface area contributed by atoms with Crippen molar-refractivity contribution in [1.82, 2.24) is 9.88 Å². The minimum absolute atomic E-state index is 0.0570. The average molecular weight is 405 g/mol. The number of H-pyrrole nitrogens is 1. The van der Waals surface area contributed by atoms with E-state index in [0.717, 1.165) is 31.5 Å². The van der Waals surface area contributed by atoms with E-state index >= 15 is 0 Å². The van der Waals surface area contributed by atoms with E-state index in [1.54, 1.807) is 6.07 Å². The summed E-state index contributed by atoms with van der Waals surface area (Å²) in [5.74, 6) is 1.37. The largest absolute Gasteiger partial charge is 0.451 e. The first-order valence-electron chi connectivity index (χ1n) is 9.91. The highest BCUT2D eigenvalue weighted by Gasteiger charge is 2.27. The summed E-state index contributed by atoms with van der Waals surface area (Å²) in [6, 6.07) is 21.6. The second kappa shape index (κ2) is 7.45. The summed E-state index contributed by atoms with van der Waals surface area (Å²) in [7, 11) is 0. The molecule has 0 atom stereocenters. The summed E-state index contributed by atoms with van der Waals surface area (Å²) in [5.41, 5.74) is 3.23. The Morgan fingerprint density at radius 1 is 1.00 bits per heavy atom. The van der Waals surface area contributed by atoms with Gasteiger partial charge in [0, 0.05) is 35.8 Å². The lowest BCUT2D eigenvalue weighted by molar-refractivity contribution is 0.0681. The van der Waals surface area contributed by atoms with Crippen molar-refractivity contribution in [2.24, 2.45) is 0 Å². The number of hydrogen-bond acceptors (Lipinski definition) is 2. The Balaban J connectivity index is 1.27. The van der Waals surface area contributed by atoms with Crippen LogP contribution in [-0.2, 0) is 0 Å². The molecule has 2 aromatic carbocycles. The van der Waals surface area contributed by atoms with Gasteiger partial charge < -0.3 is 14.3 Å². The number of benzene rings is 2. The van der Waals surface area contributed by atoms with Gasteiger partial charge in [0.2, 0.25) is 0 Å². The van der Waals surface area contributed by atoms with Crippen LogP contribution in [0.25, 0.3) is 22.2 Å². The Kier molecular flexibility index (Phi) is 4.64. The molecule has 0 unspecified atom stereocenters. The molecule has 1 aliphatic rings. The Morgan fingerprint density at radius 3 is 2.55 bits per heavy atom. The number of carbonyl (C=O) groups excluding carboxylic acids is 1. The van der Waals surface area contributed by atoms with Gasteiger partial charge in [0.25, 0.3) is 5.91 Å². The van der Waals surface area contributed by atoms with Crippen molar-refractivity contribution in [3.05, 3.63) is 83.2 Å². The number of hydrogen-bond donors (Lipinski definition) is 1. The number of nitrogens with zero attached hydrogens (tertiary/aromatic N) is 1. The van der Waals surface area contributed by atoms with Crippen molar-refractivity contribution in [2.45, 2.75) is 18.8 Å². The van der Waals surface area contributed by atoms with Gasteiger partial charge in [-0.1, -0.05) is 41.9 Å². The van der Waals surface area contributed by atoms with E-state index in [4.69, 9.17) is 16.0 Å². The fourth-order valence-corrected chi connectivity index (χ4v) is 4.35. The minimum Gasteiger partial charge on any atom is -0.451 e. The molecule has 29 heavy (non-hydrogen) atoms. The van der Waals surface area contributed by atoms with Crippen molar-refractivity contribution in [2.75, 3.05) is 13.1 Å². The molecular weight excluding hydrogens is 384 g/mol. The topological polar surface area (TPSA) is 49.2 Å². The number of rotatable bonds is 3. The Bertz CT molecular complexity index is 1140. The fourth-order valence-electron chi connectivity index (χ4n) is 4.12. The first-order valence-corrected chi connectivity index (χ1v) is 10.3. The average Bonchev–Trinajstić information content (AvgIpc) is 3.41. The molecule has 4 aromatic rings. The molecule has 0 aliphatic carbocycles. The van der Waals surface area contributed by atoms with Gasteiger partial charge in [0.1, 0.15) is 5.76 Å². The van der Waals surface area contributed by atoms with Crippen LogP contribution in [0.3, 0.4) is 0 Å². The van der Waals surface area contributed by atoms with Crippen LogP contribution in [0.5, 0.6) is 0 Å². The lowest BCUT2D eigenvalue weighted by Crippen LogP contribution is -2.37.